The second kappa shape index (κ2) is 7.35. The first-order chi connectivity index (χ1) is 9.04. The van der Waals surface area contributed by atoms with E-state index >= 15 is 0 Å². The zero-order valence-corrected chi connectivity index (χ0v) is 10.8. The maximum Gasteiger partial charge on any atom is 0.253 e. The third-order valence-corrected chi connectivity index (χ3v) is 2.47. The van der Waals surface area contributed by atoms with Gasteiger partial charge in [0, 0.05) is 25.2 Å². The number of halogens is 1. The maximum absolute atomic E-state index is 12.8. The number of hydrogen-bond acceptors (Lipinski definition) is 3. The molecule has 6 heteroatoms. The Labute approximate surface area is 111 Å². The van der Waals surface area contributed by atoms with E-state index in [-0.39, 0.29) is 30.1 Å². The van der Waals surface area contributed by atoms with E-state index in [9.17, 15) is 14.0 Å². The molecule has 0 aliphatic carbocycles. The van der Waals surface area contributed by atoms with Gasteiger partial charge in [0.1, 0.15) is 5.82 Å². The smallest absolute Gasteiger partial charge is 0.253 e. The number of nitrogen functional groups attached to an aromatic ring is 1. The summed E-state index contributed by atoms with van der Waals surface area (Å²) in [6.45, 7) is 2.79. The molecule has 0 bridgehead atoms. The highest BCUT2D eigenvalue weighted by atomic mass is 19.1. The van der Waals surface area contributed by atoms with Gasteiger partial charge in [-0.2, -0.15) is 0 Å². The molecule has 104 valence electrons. The molecular weight excluding hydrogens is 249 g/mol. The maximum atomic E-state index is 12.8. The molecule has 0 heterocycles. The number of hydrogen-bond donors (Lipinski definition) is 3. The molecule has 0 aliphatic rings. The Morgan fingerprint density at radius 3 is 2.63 bits per heavy atom. The molecule has 0 aliphatic heterocycles. The SMILES string of the molecule is CCCNC(=O)CCNC(=O)c1ccc(F)cc1N. The number of benzene rings is 1. The van der Waals surface area contributed by atoms with E-state index in [0.29, 0.717) is 6.54 Å². The minimum atomic E-state index is -0.493. The monoisotopic (exact) mass is 267 g/mol. The number of nitrogens with one attached hydrogen (secondary N) is 2. The summed E-state index contributed by atoms with van der Waals surface area (Å²) in [4.78, 5) is 23.0. The molecule has 0 radical (unpaired) electrons. The number of nitrogens with two attached hydrogens (primary N) is 1. The van der Waals surface area contributed by atoms with Gasteiger partial charge in [-0.1, -0.05) is 6.92 Å². The van der Waals surface area contributed by atoms with E-state index in [0.717, 1.165) is 12.5 Å². The van der Waals surface area contributed by atoms with Crippen molar-refractivity contribution in [1.82, 2.24) is 10.6 Å². The summed E-state index contributed by atoms with van der Waals surface area (Å²) >= 11 is 0. The second-order valence-corrected chi connectivity index (χ2v) is 4.09. The summed E-state index contributed by atoms with van der Waals surface area (Å²) in [5.74, 6) is -1.02. The van der Waals surface area contributed by atoms with Crippen molar-refractivity contribution in [2.24, 2.45) is 0 Å². The first-order valence-corrected chi connectivity index (χ1v) is 6.14. The van der Waals surface area contributed by atoms with Crippen LogP contribution in [-0.4, -0.2) is 24.9 Å². The molecule has 0 saturated carbocycles. The highest BCUT2D eigenvalue weighted by Gasteiger charge is 2.10. The van der Waals surface area contributed by atoms with Crippen molar-refractivity contribution in [3.63, 3.8) is 0 Å². The average molecular weight is 267 g/mol. The van der Waals surface area contributed by atoms with Crippen molar-refractivity contribution < 1.29 is 14.0 Å². The highest BCUT2D eigenvalue weighted by Crippen LogP contribution is 2.12. The first-order valence-electron chi connectivity index (χ1n) is 6.14. The normalized spacial score (nSPS) is 10.0. The lowest BCUT2D eigenvalue weighted by atomic mass is 10.1. The van der Waals surface area contributed by atoms with Gasteiger partial charge >= 0.3 is 0 Å². The third kappa shape index (κ3) is 4.95. The predicted molar refractivity (Wildman–Crippen MR) is 71.1 cm³/mol. The summed E-state index contributed by atoms with van der Waals surface area (Å²) in [6, 6.07) is 3.57. The van der Waals surface area contributed by atoms with Gasteiger partial charge in [0.2, 0.25) is 5.91 Å². The molecular formula is C13H18FN3O2. The van der Waals surface area contributed by atoms with E-state index < -0.39 is 11.7 Å². The Hall–Kier alpha value is -2.11. The molecule has 19 heavy (non-hydrogen) atoms. The van der Waals surface area contributed by atoms with E-state index in [1.807, 2.05) is 6.92 Å². The average Bonchev–Trinajstić information content (AvgIpc) is 2.36. The summed E-state index contributed by atoms with van der Waals surface area (Å²) in [6.07, 6.45) is 1.07. The number of carbonyl (C=O) groups excluding carboxylic acids is 2. The summed E-state index contributed by atoms with van der Waals surface area (Å²) in [5, 5.41) is 5.26. The number of carbonyl (C=O) groups is 2. The van der Waals surface area contributed by atoms with Gasteiger partial charge in [0.25, 0.3) is 5.91 Å². The van der Waals surface area contributed by atoms with Gasteiger partial charge in [0.05, 0.1) is 5.56 Å². The minimum absolute atomic E-state index is 0.0768. The molecule has 1 aromatic carbocycles. The molecule has 2 amide bonds. The van der Waals surface area contributed by atoms with Gasteiger partial charge < -0.3 is 16.4 Å². The molecule has 0 saturated heterocycles. The van der Waals surface area contributed by atoms with E-state index in [1.54, 1.807) is 0 Å². The fourth-order valence-corrected chi connectivity index (χ4v) is 1.48. The molecule has 0 atom stereocenters. The van der Waals surface area contributed by atoms with Crippen molar-refractivity contribution in [1.29, 1.82) is 0 Å². The zero-order chi connectivity index (χ0) is 14.3. The van der Waals surface area contributed by atoms with Crippen LogP contribution in [0.3, 0.4) is 0 Å². The van der Waals surface area contributed by atoms with Crippen LogP contribution in [0.5, 0.6) is 0 Å². The van der Waals surface area contributed by atoms with Gasteiger partial charge in [-0.15, -0.1) is 0 Å². The summed E-state index contributed by atoms with van der Waals surface area (Å²) in [5.41, 5.74) is 5.82. The summed E-state index contributed by atoms with van der Waals surface area (Å²) < 4.78 is 12.8. The first kappa shape index (κ1) is 14.9. The van der Waals surface area contributed by atoms with Crippen molar-refractivity contribution >= 4 is 17.5 Å². The number of rotatable bonds is 6. The van der Waals surface area contributed by atoms with Crippen LogP contribution in [0.25, 0.3) is 0 Å². The Balaban J connectivity index is 2.41. The van der Waals surface area contributed by atoms with Crippen LogP contribution in [0, 0.1) is 5.82 Å². The van der Waals surface area contributed by atoms with Crippen molar-refractivity contribution in [3.8, 4) is 0 Å². The minimum Gasteiger partial charge on any atom is -0.398 e. The third-order valence-electron chi connectivity index (χ3n) is 2.47. The lowest BCUT2D eigenvalue weighted by molar-refractivity contribution is -0.120. The molecule has 0 fully saturated rings. The van der Waals surface area contributed by atoms with E-state index in [4.69, 9.17) is 5.73 Å². The van der Waals surface area contributed by atoms with Crippen LogP contribution in [-0.2, 0) is 4.79 Å². The fourth-order valence-electron chi connectivity index (χ4n) is 1.48. The Kier molecular flexibility index (Phi) is 5.78. The summed E-state index contributed by atoms with van der Waals surface area (Å²) in [7, 11) is 0. The van der Waals surface area contributed by atoms with E-state index in [1.165, 1.54) is 12.1 Å². The predicted octanol–water partition coefficient (Wildman–Crippen LogP) is 1.05. The zero-order valence-electron chi connectivity index (χ0n) is 10.8. The van der Waals surface area contributed by atoms with Crippen LogP contribution < -0.4 is 16.4 Å². The molecule has 4 N–H and O–H groups in total. The van der Waals surface area contributed by atoms with Gasteiger partial charge in [0.15, 0.2) is 0 Å². The number of anilines is 1. The van der Waals surface area contributed by atoms with Gasteiger partial charge in [-0.25, -0.2) is 4.39 Å². The fraction of sp³-hybridized carbons (Fsp3) is 0.385. The molecule has 0 aromatic heterocycles. The molecule has 1 rings (SSSR count). The molecule has 0 unspecified atom stereocenters. The van der Waals surface area contributed by atoms with Crippen LogP contribution in [0.2, 0.25) is 0 Å². The lowest BCUT2D eigenvalue weighted by Gasteiger charge is -2.07. The lowest BCUT2D eigenvalue weighted by Crippen LogP contribution is -2.31. The van der Waals surface area contributed by atoms with E-state index in [2.05, 4.69) is 10.6 Å². The second-order valence-electron chi connectivity index (χ2n) is 4.09. The van der Waals surface area contributed by atoms with Crippen molar-refractivity contribution in [2.75, 3.05) is 18.8 Å². The largest absolute Gasteiger partial charge is 0.398 e. The van der Waals surface area contributed by atoms with Gasteiger partial charge in [-0.3, -0.25) is 9.59 Å². The van der Waals surface area contributed by atoms with Crippen LogP contribution in [0.4, 0.5) is 10.1 Å². The van der Waals surface area contributed by atoms with Gasteiger partial charge in [-0.05, 0) is 24.6 Å². The van der Waals surface area contributed by atoms with Crippen molar-refractivity contribution in [3.05, 3.63) is 29.6 Å². The molecule has 0 spiro atoms. The Morgan fingerprint density at radius 1 is 1.26 bits per heavy atom. The topological polar surface area (TPSA) is 84.2 Å². The Bertz CT molecular complexity index is 463. The number of amides is 2. The highest BCUT2D eigenvalue weighted by molar-refractivity contribution is 5.99. The van der Waals surface area contributed by atoms with Crippen LogP contribution in [0.15, 0.2) is 18.2 Å². The molecule has 1 aromatic rings. The molecule has 5 nitrogen and oxygen atoms in total. The standard InChI is InChI=1S/C13H18FN3O2/c1-2-6-16-12(18)5-7-17-13(19)10-4-3-9(14)8-11(10)15/h3-4,8H,2,5-7,15H2,1H3,(H,16,18)(H,17,19). The van der Waals surface area contributed by atoms with Crippen molar-refractivity contribution in [2.45, 2.75) is 19.8 Å². The van der Waals surface area contributed by atoms with Crippen LogP contribution >= 0.6 is 0 Å². The Morgan fingerprint density at radius 2 is 2.00 bits per heavy atom. The van der Waals surface area contributed by atoms with Crippen LogP contribution in [0.1, 0.15) is 30.1 Å². The quantitative estimate of drug-likeness (QED) is 0.674.